The zero-order chi connectivity index (χ0) is 23.0. The van der Waals surface area contributed by atoms with E-state index >= 15 is 0 Å². The average Bonchev–Trinajstić information content (AvgIpc) is 3.40. The molecule has 1 fully saturated rings. The minimum Gasteiger partial charge on any atom is -0.507 e. The number of aliphatic hydroxyl groups is 1. The number of ketones is 1. The number of aliphatic hydroxyl groups excluding tert-OH is 1. The van der Waals surface area contributed by atoms with Crippen molar-refractivity contribution in [2.45, 2.75) is 25.8 Å². The number of anilines is 1. The van der Waals surface area contributed by atoms with Crippen LogP contribution in [0.1, 0.15) is 41.8 Å². The number of carbonyl (C=O) groups is 2. The van der Waals surface area contributed by atoms with Crippen LogP contribution in [0.15, 0.2) is 70.0 Å². The molecule has 1 N–H and O–H groups in total. The molecule has 0 spiro atoms. The van der Waals surface area contributed by atoms with Crippen molar-refractivity contribution in [1.82, 2.24) is 0 Å². The Bertz CT molecular complexity index is 1200. The minimum absolute atomic E-state index is 0.0717. The summed E-state index contributed by atoms with van der Waals surface area (Å²) in [7, 11) is 1.55. The van der Waals surface area contributed by atoms with E-state index in [4.69, 9.17) is 4.74 Å². The second-order valence-electron chi connectivity index (χ2n) is 7.78. The van der Waals surface area contributed by atoms with E-state index < -0.39 is 17.7 Å². The maximum absolute atomic E-state index is 13.2. The molecule has 7 heteroatoms. The Morgan fingerprint density at radius 3 is 2.41 bits per heavy atom. The van der Waals surface area contributed by atoms with Crippen molar-refractivity contribution >= 4 is 50.4 Å². The molecule has 2 aromatic carbocycles. The molecule has 1 aliphatic heterocycles. The molecule has 4 rings (SSSR count). The molecule has 1 aromatic heterocycles. The summed E-state index contributed by atoms with van der Waals surface area (Å²) in [5.74, 6) is -0.634. The second kappa shape index (κ2) is 8.92. The highest BCUT2D eigenvalue weighted by atomic mass is 79.9. The Morgan fingerprint density at radius 2 is 1.84 bits per heavy atom. The molecule has 164 valence electrons. The largest absolute Gasteiger partial charge is 0.507 e. The van der Waals surface area contributed by atoms with Crippen LogP contribution in [0.4, 0.5) is 5.69 Å². The van der Waals surface area contributed by atoms with Crippen LogP contribution in [-0.4, -0.2) is 23.9 Å². The Labute approximate surface area is 199 Å². The van der Waals surface area contributed by atoms with Crippen LogP contribution in [0, 0.1) is 0 Å². The smallest absolute Gasteiger partial charge is 0.300 e. The first kappa shape index (κ1) is 22.3. The molecule has 5 nitrogen and oxygen atoms in total. The number of carbonyl (C=O) groups excluding carboxylic acids is 2. The number of rotatable bonds is 5. The maximum atomic E-state index is 13.2. The lowest BCUT2D eigenvalue weighted by Gasteiger charge is -2.24. The van der Waals surface area contributed by atoms with Gasteiger partial charge in [-0.25, -0.2) is 0 Å². The van der Waals surface area contributed by atoms with Gasteiger partial charge >= 0.3 is 0 Å². The zero-order valence-electron chi connectivity index (χ0n) is 17.8. The van der Waals surface area contributed by atoms with Gasteiger partial charge in [-0.15, -0.1) is 11.3 Å². The molecule has 1 unspecified atom stereocenters. The van der Waals surface area contributed by atoms with E-state index in [0.29, 0.717) is 27.4 Å². The number of hydrogen-bond acceptors (Lipinski definition) is 5. The third-order valence-electron chi connectivity index (χ3n) is 5.52. The Hall–Kier alpha value is -2.90. The molecular formula is C25H22BrNO4S. The normalized spacial score (nSPS) is 17.9. The first-order valence-corrected chi connectivity index (χ1v) is 11.8. The number of halogens is 1. The van der Waals surface area contributed by atoms with E-state index in [1.807, 2.05) is 41.8 Å². The molecule has 0 aliphatic carbocycles. The van der Waals surface area contributed by atoms with Gasteiger partial charge in [-0.05, 0) is 69.2 Å². The molecule has 0 radical (unpaired) electrons. The summed E-state index contributed by atoms with van der Waals surface area (Å²) < 4.78 is 5.89. The van der Waals surface area contributed by atoms with Crippen LogP contribution < -0.4 is 9.64 Å². The molecule has 1 aliphatic rings. The number of benzene rings is 2. The van der Waals surface area contributed by atoms with E-state index in [-0.39, 0.29) is 11.3 Å². The van der Waals surface area contributed by atoms with E-state index in [1.165, 1.54) is 16.2 Å². The van der Waals surface area contributed by atoms with Gasteiger partial charge in [0.15, 0.2) is 0 Å². The van der Waals surface area contributed by atoms with E-state index in [2.05, 4.69) is 29.8 Å². The fraction of sp³-hybridized carbons (Fsp3) is 0.200. The summed E-state index contributed by atoms with van der Waals surface area (Å²) in [5.41, 5.74) is 2.25. The fourth-order valence-electron chi connectivity index (χ4n) is 3.80. The third-order valence-corrected chi connectivity index (χ3v) is 7.06. The Morgan fingerprint density at radius 1 is 1.12 bits per heavy atom. The first-order chi connectivity index (χ1) is 15.3. The Kier molecular flexibility index (Phi) is 6.22. The highest BCUT2D eigenvalue weighted by Crippen LogP contribution is 2.44. The van der Waals surface area contributed by atoms with Gasteiger partial charge in [0.1, 0.15) is 17.6 Å². The molecular weight excluding hydrogens is 490 g/mol. The first-order valence-electron chi connectivity index (χ1n) is 10.1. The number of hydrogen-bond donors (Lipinski definition) is 1. The van der Waals surface area contributed by atoms with Crippen molar-refractivity contribution in [3.8, 4) is 5.75 Å². The predicted molar refractivity (Wildman–Crippen MR) is 130 cm³/mol. The van der Waals surface area contributed by atoms with E-state index in [9.17, 15) is 14.7 Å². The maximum Gasteiger partial charge on any atom is 0.300 e. The van der Waals surface area contributed by atoms with Crippen molar-refractivity contribution < 1.29 is 19.4 Å². The number of thiophene rings is 1. The predicted octanol–water partition coefficient (Wildman–Crippen LogP) is 6.27. The van der Waals surface area contributed by atoms with Crippen LogP contribution in [0.5, 0.6) is 5.75 Å². The lowest BCUT2D eigenvalue weighted by molar-refractivity contribution is -0.132. The topological polar surface area (TPSA) is 66.8 Å². The second-order valence-corrected chi connectivity index (χ2v) is 9.61. The van der Waals surface area contributed by atoms with Gasteiger partial charge in [0.2, 0.25) is 0 Å². The van der Waals surface area contributed by atoms with Gasteiger partial charge in [-0.1, -0.05) is 32.0 Å². The van der Waals surface area contributed by atoms with Gasteiger partial charge in [-0.3, -0.25) is 14.5 Å². The summed E-state index contributed by atoms with van der Waals surface area (Å²) in [6.45, 7) is 4.19. The monoisotopic (exact) mass is 511 g/mol. The van der Waals surface area contributed by atoms with Gasteiger partial charge in [0.25, 0.3) is 11.7 Å². The van der Waals surface area contributed by atoms with Crippen molar-refractivity contribution in [1.29, 1.82) is 0 Å². The standard InChI is InChI=1S/C25H22BrNO4S/c1-14(2)15-6-9-17(10-7-15)27-22(20-5-4-12-32-20)21(24(29)25(27)30)23(28)16-8-11-19(31-3)18(26)13-16/h4-14,22,28H,1-3H3/b23-21-. The SMILES string of the molecule is COc1ccc(/C(O)=C2/C(=O)C(=O)N(c3ccc(C(C)C)cc3)C2c2cccs2)cc1Br. The number of methoxy groups -OCH3 is 1. The lowest BCUT2D eigenvalue weighted by Crippen LogP contribution is -2.29. The van der Waals surface area contributed by atoms with Gasteiger partial charge in [-0.2, -0.15) is 0 Å². The van der Waals surface area contributed by atoms with Crippen molar-refractivity contribution in [3.63, 3.8) is 0 Å². The van der Waals surface area contributed by atoms with Gasteiger partial charge in [0, 0.05) is 16.1 Å². The summed E-state index contributed by atoms with van der Waals surface area (Å²) in [6, 6.07) is 15.7. The van der Waals surface area contributed by atoms with Crippen LogP contribution in [0.2, 0.25) is 0 Å². The van der Waals surface area contributed by atoms with E-state index in [1.54, 1.807) is 25.3 Å². The third kappa shape index (κ3) is 3.87. The van der Waals surface area contributed by atoms with Gasteiger partial charge in [0.05, 0.1) is 17.2 Å². The highest BCUT2D eigenvalue weighted by molar-refractivity contribution is 9.10. The highest BCUT2D eigenvalue weighted by Gasteiger charge is 2.47. The molecule has 3 aromatic rings. The lowest BCUT2D eigenvalue weighted by atomic mass is 9.99. The van der Waals surface area contributed by atoms with Crippen LogP contribution in [0.3, 0.4) is 0 Å². The average molecular weight is 512 g/mol. The van der Waals surface area contributed by atoms with Crippen LogP contribution in [-0.2, 0) is 9.59 Å². The fourth-order valence-corrected chi connectivity index (χ4v) is 5.17. The number of ether oxygens (including phenoxy) is 1. The summed E-state index contributed by atoms with van der Waals surface area (Å²) in [6.07, 6.45) is 0. The number of amides is 1. The molecule has 32 heavy (non-hydrogen) atoms. The summed E-state index contributed by atoms with van der Waals surface area (Å²) in [5, 5.41) is 13.1. The molecule has 1 atom stereocenters. The molecule has 2 heterocycles. The quantitative estimate of drug-likeness (QED) is 0.249. The summed E-state index contributed by atoms with van der Waals surface area (Å²) >= 11 is 4.85. The molecule has 0 saturated carbocycles. The van der Waals surface area contributed by atoms with Crippen LogP contribution in [0.25, 0.3) is 5.76 Å². The summed E-state index contributed by atoms with van der Waals surface area (Å²) in [4.78, 5) is 28.6. The Balaban J connectivity index is 1.87. The van der Waals surface area contributed by atoms with Crippen molar-refractivity contribution in [2.24, 2.45) is 0 Å². The van der Waals surface area contributed by atoms with E-state index in [0.717, 1.165) is 10.4 Å². The number of Topliss-reactive ketones (excluding diaryl/α,β-unsaturated/α-hetero) is 1. The van der Waals surface area contributed by atoms with Gasteiger partial charge < -0.3 is 9.84 Å². The van der Waals surface area contributed by atoms with Crippen molar-refractivity contribution in [3.05, 3.63) is 86.0 Å². The zero-order valence-corrected chi connectivity index (χ0v) is 20.2. The number of nitrogens with zero attached hydrogens (tertiary/aromatic N) is 1. The molecule has 1 saturated heterocycles. The molecule has 1 amide bonds. The van der Waals surface area contributed by atoms with Crippen molar-refractivity contribution in [2.75, 3.05) is 12.0 Å². The van der Waals surface area contributed by atoms with Crippen LogP contribution >= 0.6 is 27.3 Å². The minimum atomic E-state index is -0.708. The molecule has 0 bridgehead atoms.